The van der Waals surface area contributed by atoms with Crippen LogP contribution in [0.5, 0.6) is 0 Å². The molecule has 2 rings (SSSR count). The zero-order chi connectivity index (χ0) is 13.0. The van der Waals surface area contributed by atoms with Gasteiger partial charge in [0.1, 0.15) is 0 Å². The Balaban J connectivity index is 2.03. The van der Waals surface area contributed by atoms with Gasteiger partial charge in [-0.15, -0.1) is 0 Å². The molecule has 18 heavy (non-hydrogen) atoms. The van der Waals surface area contributed by atoms with Crippen LogP contribution in [-0.2, 0) is 4.79 Å². The Bertz CT molecular complexity index is 432. The van der Waals surface area contributed by atoms with Crippen LogP contribution in [-0.4, -0.2) is 25.5 Å². The van der Waals surface area contributed by atoms with E-state index in [2.05, 4.69) is 16.0 Å². The van der Waals surface area contributed by atoms with Crippen molar-refractivity contribution in [2.24, 2.45) is 0 Å². The molecule has 1 amide bonds. The molecule has 0 spiro atoms. The van der Waals surface area contributed by atoms with Gasteiger partial charge in [0.15, 0.2) is 0 Å². The number of halogens is 1. The highest BCUT2D eigenvalue weighted by atomic mass is 35.5. The monoisotopic (exact) mass is 267 g/mol. The first-order chi connectivity index (χ1) is 8.69. The van der Waals surface area contributed by atoms with Gasteiger partial charge in [0.2, 0.25) is 5.91 Å². The Labute approximate surface area is 112 Å². The van der Waals surface area contributed by atoms with Crippen molar-refractivity contribution in [1.82, 2.24) is 5.32 Å². The second kappa shape index (κ2) is 6.07. The molecule has 0 atom stereocenters. The van der Waals surface area contributed by atoms with Crippen molar-refractivity contribution < 1.29 is 4.79 Å². The largest absolute Gasteiger partial charge is 0.381 e. The van der Waals surface area contributed by atoms with Crippen LogP contribution < -0.4 is 16.0 Å². The third-order valence-electron chi connectivity index (χ3n) is 2.79. The molecule has 0 aromatic heterocycles. The summed E-state index contributed by atoms with van der Waals surface area (Å²) in [7, 11) is 1.83. The summed E-state index contributed by atoms with van der Waals surface area (Å²) in [4.78, 5) is 11.7. The molecule has 0 radical (unpaired) electrons. The second-order valence-electron chi connectivity index (χ2n) is 4.51. The third kappa shape index (κ3) is 3.89. The van der Waals surface area contributed by atoms with Crippen LogP contribution in [0.4, 0.5) is 11.4 Å². The van der Waals surface area contributed by atoms with E-state index >= 15 is 0 Å². The maximum Gasteiger partial charge on any atom is 0.225 e. The number of benzene rings is 1. The SMILES string of the molecule is CNCCC(=O)Nc1cc(Cl)ccc1NC1CC1. The molecule has 98 valence electrons. The van der Waals surface area contributed by atoms with Gasteiger partial charge < -0.3 is 16.0 Å². The lowest BCUT2D eigenvalue weighted by Crippen LogP contribution is -2.19. The number of nitrogens with one attached hydrogen (secondary N) is 3. The molecular formula is C13H18ClN3O. The van der Waals surface area contributed by atoms with Gasteiger partial charge in [-0.05, 0) is 38.1 Å². The molecule has 0 unspecified atom stereocenters. The maximum absolute atomic E-state index is 11.7. The zero-order valence-corrected chi connectivity index (χ0v) is 11.2. The Morgan fingerprint density at radius 1 is 1.39 bits per heavy atom. The lowest BCUT2D eigenvalue weighted by molar-refractivity contribution is -0.116. The number of rotatable bonds is 6. The molecule has 0 saturated heterocycles. The summed E-state index contributed by atoms with van der Waals surface area (Å²) in [5.74, 6) is -0.00883. The van der Waals surface area contributed by atoms with Gasteiger partial charge in [0, 0.05) is 24.0 Å². The van der Waals surface area contributed by atoms with Crippen molar-refractivity contribution in [3.05, 3.63) is 23.2 Å². The van der Waals surface area contributed by atoms with Crippen LogP contribution in [0.25, 0.3) is 0 Å². The van der Waals surface area contributed by atoms with Crippen LogP contribution in [0.1, 0.15) is 19.3 Å². The number of hydrogen-bond acceptors (Lipinski definition) is 3. The Morgan fingerprint density at radius 3 is 2.83 bits per heavy atom. The summed E-state index contributed by atoms with van der Waals surface area (Å²) in [6, 6.07) is 6.06. The highest BCUT2D eigenvalue weighted by Crippen LogP contribution is 2.31. The predicted octanol–water partition coefficient (Wildman–Crippen LogP) is 2.46. The molecule has 4 nitrogen and oxygen atoms in total. The highest BCUT2D eigenvalue weighted by Gasteiger charge is 2.22. The van der Waals surface area contributed by atoms with E-state index in [0.717, 1.165) is 11.4 Å². The van der Waals surface area contributed by atoms with Gasteiger partial charge in [-0.2, -0.15) is 0 Å². The summed E-state index contributed by atoms with van der Waals surface area (Å²) in [5.41, 5.74) is 1.70. The van der Waals surface area contributed by atoms with Gasteiger partial charge in [-0.25, -0.2) is 0 Å². The molecule has 0 aliphatic heterocycles. The number of amides is 1. The Kier molecular flexibility index (Phi) is 4.44. The fraction of sp³-hybridized carbons (Fsp3) is 0.462. The molecule has 1 aliphatic rings. The number of hydrogen-bond donors (Lipinski definition) is 3. The molecule has 0 heterocycles. The minimum Gasteiger partial charge on any atom is -0.381 e. The summed E-state index contributed by atoms with van der Waals surface area (Å²) in [6.45, 7) is 0.664. The van der Waals surface area contributed by atoms with E-state index in [9.17, 15) is 4.79 Å². The van der Waals surface area contributed by atoms with Crippen LogP contribution in [0.3, 0.4) is 0 Å². The van der Waals surface area contributed by atoms with Crippen molar-refractivity contribution in [3.8, 4) is 0 Å². The molecule has 1 aliphatic carbocycles. The lowest BCUT2D eigenvalue weighted by atomic mass is 10.2. The third-order valence-corrected chi connectivity index (χ3v) is 3.03. The summed E-state index contributed by atoms with van der Waals surface area (Å²) in [5, 5.41) is 9.85. The van der Waals surface area contributed by atoms with Gasteiger partial charge in [0.05, 0.1) is 11.4 Å². The van der Waals surface area contributed by atoms with Gasteiger partial charge in [-0.3, -0.25) is 4.79 Å². The quantitative estimate of drug-likeness (QED) is 0.742. The summed E-state index contributed by atoms with van der Waals surface area (Å²) in [6.07, 6.45) is 2.83. The number of carbonyl (C=O) groups excluding carboxylic acids is 1. The van der Waals surface area contributed by atoms with Crippen molar-refractivity contribution in [2.75, 3.05) is 24.2 Å². The van der Waals surface area contributed by atoms with Gasteiger partial charge in [0.25, 0.3) is 0 Å². The van der Waals surface area contributed by atoms with E-state index in [4.69, 9.17) is 11.6 Å². The molecule has 3 N–H and O–H groups in total. The standard InChI is InChI=1S/C13H18ClN3O/c1-15-7-6-13(18)17-12-8-9(14)2-5-11(12)16-10-3-4-10/h2,5,8,10,15-16H,3-4,6-7H2,1H3,(H,17,18). The molecule has 1 saturated carbocycles. The van der Waals surface area contributed by atoms with E-state index in [1.807, 2.05) is 19.2 Å². The van der Waals surface area contributed by atoms with Crippen molar-refractivity contribution in [1.29, 1.82) is 0 Å². The Hall–Kier alpha value is -1.26. The topological polar surface area (TPSA) is 53.2 Å². The van der Waals surface area contributed by atoms with Gasteiger partial charge >= 0.3 is 0 Å². The second-order valence-corrected chi connectivity index (χ2v) is 4.95. The van der Waals surface area contributed by atoms with Crippen molar-refractivity contribution >= 4 is 28.9 Å². The minimum absolute atomic E-state index is 0.00883. The normalized spacial score (nSPS) is 14.3. The van der Waals surface area contributed by atoms with Crippen LogP contribution in [0.15, 0.2) is 18.2 Å². The Morgan fingerprint density at radius 2 is 2.17 bits per heavy atom. The summed E-state index contributed by atoms with van der Waals surface area (Å²) >= 11 is 5.97. The molecule has 5 heteroatoms. The first-order valence-corrected chi connectivity index (χ1v) is 6.57. The zero-order valence-electron chi connectivity index (χ0n) is 10.4. The van der Waals surface area contributed by atoms with E-state index in [0.29, 0.717) is 24.0 Å². The predicted molar refractivity (Wildman–Crippen MR) is 75.3 cm³/mol. The molecule has 1 aromatic carbocycles. The van der Waals surface area contributed by atoms with E-state index in [1.165, 1.54) is 12.8 Å². The lowest BCUT2D eigenvalue weighted by Gasteiger charge is -2.13. The van der Waals surface area contributed by atoms with Crippen LogP contribution in [0, 0.1) is 0 Å². The molecule has 0 bridgehead atoms. The molecular weight excluding hydrogens is 250 g/mol. The maximum atomic E-state index is 11.7. The van der Waals surface area contributed by atoms with Crippen molar-refractivity contribution in [2.45, 2.75) is 25.3 Å². The first-order valence-electron chi connectivity index (χ1n) is 6.19. The molecule has 1 fully saturated rings. The van der Waals surface area contributed by atoms with E-state index in [-0.39, 0.29) is 5.91 Å². The van der Waals surface area contributed by atoms with Gasteiger partial charge in [-0.1, -0.05) is 11.6 Å². The fourth-order valence-corrected chi connectivity index (χ4v) is 1.82. The van der Waals surface area contributed by atoms with E-state index in [1.54, 1.807) is 6.07 Å². The minimum atomic E-state index is -0.00883. The average Bonchev–Trinajstić information content (AvgIpc) is 3.14. The highest BCUT2D eigenvalue weighted by molar-refractivity contribution is 6.31. The van der Waals surface area contributed by atoms with Crippen molar-refractivity contribution in [3.63, 3.8) is 0 Å². The summed E-state index contributed by atoms with van der Waals surface area (Å²) < 4.78 is 0. The van der Waals surface area contributed by atoms with Crippen LogP contribution in [0.2, 0.25) is 5.02 Å². The smallest absolute Gasteiger partial charge is 0.225 e. The molecule has 1 aromatic rings. The van der Waals surface area contributed by atoms with Crippen LogP contribution >= 0.6 is 11.6 Å². The fourth-order valence-electron chi connectivity index (χ4n) is 1.64. The first kappa shape index (κ1) is 13.2. The number of anilines is 2. The number of carbonyl (C=O) groups is 1. The average molecular weight is 268 g/mol. The van der Waals surface area contributed by atoms with E-state index < -0.39 is 0 Å².